The summed E-state index contributed by atoms with van der Waals surface area (Å²) in [5.74, 6) is -0.199. The highest BCUT2D eigenvalue weighted by Gasteiger charge is 1.97. The molecule has 2 heteroatoms. The first-order chi connectivity index (χ1) is 4.88. The molecular weight excluding hydrogens is 129 g/mol. The highest BCUT2D eigenvalue weighted by molar-refractivity contribution is 5.79. The third kappa shape index (κ3) is 0.620. The first-order valence-corrected chi connectivity index (χ1v) is 3.01. The van der Waals surface area contributed by atoms with Crippen molar-refractivity contribution < 1.29 is 4.39 Å². The molecule has 10 heavy (non-hydrogen) atoms. The van der Waals surface area contributed by atoms with Crippen LogP contribution in [0.3, 0.4) is 0 Å². The van der Waals surface area contributed by atoms with Crippen molar-refractivity contribution >= 4 is 10.9 Å². The van der Waals surface area contributed by atoms with Crippen LogP contribution >= 0.6 is 0 Å². The smallest absolute Gasteiger partial charge is 0.132 e. The molecule has 49 valence electrons. The van der Waals surface area contributed by atoms with Crippen LogP contribution in [0.25, 0.3) is 10.9 Å². The molecule has 0 saturated heterocycles. The van der Waals surface area contributed by atoms with Crippen LogP contribution in [0.1, 0.15) is 0 Å². The van der Waals surface area contributed by atoms with Gasteiger partial charge in [0.15, 0.2) is 0 Å². The predicted molar refractivity (Wildman–Crippen MR) is 37.1 cm³/mol. The summed E-state index contributed by atoms with van der Waals surface area (Å²) in [5, 5.41) is 0.600. The molecule has 2 aromatic rings. The van der Waals surface area contributed by atoms with Gasteiger partial charge < -0.3 is 4.98 Å². The molecule has 0 saturated carbocycles. The van der Waals surface area contributed by atoms with Gasteiger partial charge in [-0.05, 0) is 18.2 Å². The Labute approximate surface area is 57.5 Å². The molecule has 0 aliphatic heterocycles. The Morgan fingerprint density at radius 3 is 3.10 bits per heavy atom. The van der Waals surface area contributed by atoms with E-state index in [4.69, 9.17) is 0 Å². The average Bonchev–Trinajstić information content (AvgIpc) is 2.36. The van der Waals surface area contributed by atoms with Crippen LogP contribution < -0.4 is 0 Å². The Morgan fingerprint density at radius 1 is 1.40 bits per heavy atom. The maximum atomic E-state index is 12.8. The maximum Gasteiger partial charge on any atom is 0.132 e. The average molecular weight is 134 g/mol. The van der Waals surface area contributed by atoms with E-state index in [1.54, 1.807) is 18.3 Å². The monoisotopic (exact) mass is 134 g/mol. The third-order valence-corrected chi connectivity index (χ3v) is 1.46. The Hall–Kier alpha value is -1.31. The molecule has 0 spiro atoms. The van der Waals surface area contributed by atoms with Gasteiger partial charge in [0, 0.05) is 17.6 Å². The standard InChI is InChI=1S/C8H5FN/c9-7-2-1-3-8-6(7)4-5-10-8/h1-2,4-5,10H. The fourth-order valence-corrected chi connectivity index (χ4v) is 0.976. The topological polar surface area (TPSA) is 15.8 Å². The van der Waals surface area contributed by atoms with Crippen LogP contribution in [-0.2, 0) is 0 Å². The van der Waals surface area contributed by atoms with Crippen LogP contribution in [0.5, 0.6) is 0 Å². The van der Waals surface area contributed by atoms with E-state index in [0.29, 0.717) is 5.39 Å². The Morgan fingerprint density at radius 2 is 2.30 bits per heavy atom. The summed E-state index contributed by atoms with van der Waals surface area (Å²) in [7, 11) is 0. The van der Waals surface area contributed by atoms with Gasteiger partial charge in [-0.1, -0.05) is 0 Å². The Balaban J connectivity index is 2.95. The molecule has 0 fully saturated rings. The van der Waals surface area contributed by atoms with Crippen LogP contribution in [0.4, 0.5) is 4.39 Å². The van der Waals surface area contributed by atoms with Crippen molar-refractivity contribution in [1.29, 1.82) is 0 Å². The van der Waals surface area contributed by atoms with Gasteiger partial charge in [-0.2, -0.15) is 0 Å². The number of aromatic nitrogens is 1. The fraction of sp³-hybridized carbons (Fsp3) is 0. The molecule has 0 bridgehead atoms. The van der Waals surface area contributed by atoms with Gasteiger partial charge in [0.1, 0.15) is 5.82 Å². The molecule has 0 amide bonds. The van der Waals surface area contributed by atoms with Gasteiger partial charge in [-0.3, -0.25) is 0 Å². The van der Waals surface area contributed by atoms with E-state index < -0.39 is 0 Å². The van der Waals surface area contributed by atoms with E-state index in [0.717, 1.165) is 5.52 Å². The van der Waals surface area contributed by atoms with Crippen LogP contribution in [-0.4, -0.2) is 4.98 Å². The van der Waals surface area contributed by atoms with E-state index in [2.05, 4.69) is 11.1 Å². The number of nitrogens with one attached hydrogen (secondary N) is 1. The van der Waals surface area contributed by atoms with Gasteiger partial charge in [0.2, 0.25) is 0 Å². The maximum absolute atomic E-state index is 12.8. The van der Waals surface area contributed by atoms with Gasteiger partial charge >= 0.3 is 0 Å². The van der Waals surface area contributed by atoms with E-state index in [1.807, 2.05) is 0 Å². The second-order valence-corrected chi connectivity index (χ2v) is 2.09. The van der Waals surface area contributed by atoms with Crippen molar-refractivity contribution in [2.45, 2.75) is 0 Å². The normalized spacial score (nSPS) is 10.5. The molecule has 0 atom stereocenters. The van der Waals surface area contributed by atoms with Crippen molar-refractivity contribution in [2.75, 3.05) is 0 Å². The number of hydrogen-bond donors (Lipinski definition) is 1. The zero-order valence-corrected chi connectivity index (χ0v) is 5.19. The van der Waals surface area contributed by atoms with Gasteiger partial charge in [0.05, 0.1) is 5.52 Å². The van der Waals surface area contributed by atoms with Crippen LogP contribution in [0.15, 0.2) is 24.4 Å². The highest BCUT2D eigenvalue weighted by atomic mass is 19.1. The largest absolute Gasteiger partial charge is 0.361 e. The Bertz CT molecular complexity index is 351. The summed E-state index contributed by atoms with van der Waals surface area (Å²) in [6.07, 6.45) is 1.70. The van der Waals surface area contributed by atoms with Crippen molar-refractivity contribution in [2.24, 2.45) is 0 Å². The number of hydrogen-bond acceptors (Lipinski definition) is 0. The molecule has 1 aromatic heterocycles. The molecule has 1 nitrogen and oxygen atoms in total. The lowest BCUT2D eigenvalue weighted by atomic mass is 10.2. The van der Waals surface area contributed by atoms with Gasteiger partial charge in [-0.25, -0.2) is 4.39 Å². The summed E-state index contributed by atoms with van der Waals surface area (Å²) in [5.41, 5.74) is 0.722. The Kier molecular flexibility index (Phi) is 1.01. The second-order valence-electron chi connectivity index (χ2n) is 2.09. The molecule has 1 N–H and O–H groups in total. The molecule has 1 heterocycles. The highest BCUT2D eigenvalue weighted by Crippen LogP contribution is 2.14. The number of fused-ring (bicyclic) bond motifs is 1. The van der Waals surface area contributed by atoms with Crippen molar-refractivity contribution in [1.82, 2.24) is 4.98 Å². The molecular formula is C8H5FN. The summed E-state index contributed by atoms with van der Waals surface area (Å²) in [6.45, 7) is 0. The number of benzene rings is 1. The fourth-order valence-electron chi connectivity index (χ4n) is 0.976. The predicted octanol–water partition coefficient (Wildman–Crippen LogP) is 2.11. The zero-order chi connectivity index (χ0) is 6.97. The summed E-state index contributed by atoms with van der Waals surface area (Å²) in [4.78, 5) is 2.86. The van der Waals surface area contributed by atoms with Gasteiger partial charge in [-0.15, -0.1) is 0 Å². The van der Waals surface area contributed by atoms with Gasteiger partial charge in [0.25, 0.3) is 0 Å². The lowest BCUT2D eigenvalue weighted by molar-refractivity contribution is 0.640. The molecule has 0 aliphatic carbocycles. The molecule has 0 aliphatic rings. The first-order valence-electron chi connectivity index (χ1n) is 3.01. The summed E-state index contributed by atoms with van der Waals surface area (Å²) >= 11 is 0. The minimum absolute atomic E-state index is 0.199. The van der Waals surface area contributed by atoms with E-state index in [-0.39, 0.29) is 5.82 Å². The lowest BCUT2D eigenvalue weighted by Gasteiger charge is -1.87. The second kappa shape index (κ2) is 1.84. The van der Waals surface area contributed by atoms with E-state index >= 15 is 0 Å². The third-order valence-electron chi connectivity index (χ3n) is 1.46. The van der Waals surface area contributed by atoms with Crippen molar-refractivity contribution in [3.05, 3.63) is 36.3 Å². The molecule has 1 radical (unpaired) electrons. The van der Waals surface area contributed by atoms with Crippen molar-refractivity contribution in [3.8, 4) is 0 Å². The summed E-state index contributed by atoms with van der Waals surface area (Å²) < 4.78 is 12.8. The molecule has 2 rings (SSSR count). The molecule has 1 aromatic carbocycles. The van der Waals surface area contributed by atoms with Crippen LogP contribution in [0, 0.1) is 11.9 Å². The van der Waals surface area contributed by atoms with Crippen molar-refractivity contribution in [3.63, 3.8) is 0 Å². The first kappa shape index (κ1) is 5.47. The zero-order valence-electron chi connectivity index (χ0n) is 5.19. The number of aromatic amines is 1. The summed E-state index contributed by atoms with van der Waals surface area (Å²) in [6, 6.07) is 7.53. The number of halogens is 1. The number of H-pyrrole nitrogens is 1. The minimum atomic E-state index is -0.199. The van der Waals surface area contributed by atoms with E-state index in [9.17, 15) is 4.39 Å². The SMILES string of the molecule is Fc1cc[c]c2[nH]ccc12. The van der Waals surface area contributed by atoms with Crippen LogP contribution in [0.2, 0.25) is 0 Å². The lowest BCUT2D eigenvalue weighted by Crippen LogP contribution is -1.73. The minimum Gasteiger partial charge on any atom is -0.361 e. The van der Waals surface area contributed by atoms with E-state index in [1.165, 1.54) is 6.07 Å². The molecule has 0 unspecified atom stereocenters. The quantitative estimate of drug-likeness (QED) is 0.568. The number of rotatable bonds is 0.